The molecule has 3 rings (SSSR count). The summed E-state index contributed by atoms with van der Waals surface area (Å²) in [6, 6.07) is 0. The molecule has 13 heteroatoms. The molecule has 7 atom stereocenters. The average Bonchev–Trinajstić information content (AvgIpc) is 3.02. The minimum Gasteiger partial charge on any atom is -0.444 e. The first-order valence-corrected chi connectivity index (χ1v) is 8.64. The molecule has 144 valence electrons. The van der Waals surface area contributed by atoms with Crippen molar-refractivity contribution in [3.63, 3.8) is 0 Å². The fourth-order valence-electron chi connectivity index (χ4n) is 4.17. The van der Waals surface area contributed by atoms with E-state index < -0.39 is 57.7 Å². The van der Waals surface area contributed by atoms with Crippen molar-refractivity contribution in [2.24, 2.45) is 23.7 Å². The second-order valence-electron chi connectivity index (χ2n) is 6.46. The maximum atomic E-state index is 13.5. The van der Waals surface area contributed by atoms with Crippen molar-refractivity contribution in [2.75, 3.05) is 0 Å². The molecule has 0 radical (unpaired) electrons. The fourth-order valence-corrected chi connectivity index (χ4v) is 4.62. The van der Waals surface area contributed by atoms with Gasteiger partial charge < -0.3 is 14.6 Å². The van der Waals surface area contributed by atoms with Crippen LogP contribution in [0, 0.1) is 23.7 Å². The van der Waals surface area contributed by atoms with Gasteiger partial charge in [0, 0.05) is 5.92 Å². The van der Waals surface area contributed by atoms with Gasteiger partial charge in [0.2, 0.25) is 0 Å². The van der Waals surface area contributed by atoms with Gasteiger partial charge in [0.05, 0.1) is 12.0 Å². The molecule has 25 heavy (non-hydrogen) atoms. The Morgan fingerprint density at radius 3 is 2.32 bits per heavy atom. The monoisotopic (exact) mass is 396 g/mol. The summed E-state index contributed by atoms with van der Waals surface area (Å²) in [6.45, 7) is 0. The largest absolute Gasteiger partial charge is 0.444 e. The van der Waals surface area contributed by atoms with Crippen LogP contribution in [0.3, 0.4) is 0 Å². The SMILES string of the molecule is O=C(OC(C(F)(F)F)C(F)(F)S(=O)(=O)O)C1C2CC3OC(O)C1C3C2. The van der Waals surface area contributed by atoms with Crippen LogP contribution in [0.25, 0.3) is 0 Å². The summed E-state index contributed by atoms with van der Waals surface area (Å²) in [7, 11) is -6.49. The van der Waals surface area contributed by atoms with Crippen LogP contribution in [0.5, 0.6) is 0 Å². The Balaban J connectivity index is 1.85. The molecule has 3 fully saturated rings. The number of hydrogen-bond donors (Lipinski definition) is 2. The number of hydrogen-bond acceptors (Lipinski definition) is 6. The lowest BCUT2D eigenvalue weighted by molar-refractivity contribution is -0.262. The number of carbonyl (C=O) groups is 1. The van der Waals surface area contributed by atoms with E-state index in [4.69, 9.17) is 9.29 Å². The van der Waals surface area contributed by atoms with Gasteiger partial charge in [0.25, 0.3) is 6.10 Å². The molecule has 0 aromatic carbocycles. The minimum atomic E-state index is -6.49. The van der Waals surface area contributed by atoms with Gasteiger partial charge in [0.15, 0.2) is 6.29 Å². The summed E-state index contributed by atoms with van der Waals surface area (Å²) in [4.78, 5) is 12.1. The van der Waals surface area contributed by atoms with Crippen molar-refractivity contribution in [3.05, 3.63) is 0 Å². The van der Waals surface area contributed by atoms with Gasteiger partial charge in [-0.2, -0.15) is 30.4 Å². The molecular weight excluding hydrogens is 383 g/mol. The first-order valence-electron chi connectivity index (χ1n) is 7.20. The zero-order valence-electron chi connectivity index (χ0n) is 12.2. The molecule has 1 aliphatic heterocycles. The average molecular weight is 396 g/mol. The number of ether oxygens (including phenoxy) is 2. The number of carbonyl (C=O) groups excluding carboxylic acids is 1. The zero-order chi connectivity index (χ0) is 18.9. The first kappa shape index (κ1) is 18.7. The zero-order valence-corrected chi connectivity index (χ0v) is 13.0. The summed E-state index contributed by atoms with van der Waals surface area (Å²) in [5.74, 6) is -4.74. The van der Waals surface area contributed by atoms with E-state index in [1.165, 1.54) is 0 Å². The molecule has 2 saturated carbocycles. The molecule has 3 aliphatic rings. The molecule has 7 unspecified atom stereocenters. The Kier molecular flexibility index (Phi) is 4.10. The van der Waals surface area contributed by atoms with Gasteiger partial charge in [-0.3, -0.25) is 9.35 Å². The van der Waals surface area contributed by atoms with Gasteiger partial charge in [0.1, 0.15) is 0 Å². The standard InChI is InChI=1S/C12H13F5O7S/c13-11(14,15)10(12(16,17)25(20,21)22)24-8(18)6-3-1-4-5(2-3)23-9(19)7(4)6/h3-7,9-10,19H,1-2H2,(H,20,21,22). The van der Waals surface area contributed by atoms with E-state index in [0.29, 0.717) is 6.42 Å². The number of esters is 1. The van der Waals surface area contributed by atoms with E-state index in [9.17, 15) is 40.3 Å². The van der Waals surface area contributed by atoms with Crippen molar-refractivity contribution in [2.45, 2.75) is 42.8 Å². The maximum Gasteiger partial charge on any atom is 0.432 e. The minimum absolute atomic E-state index is 0.253. The summed E-state index contributed by atoms with van der Waals surface area (Å²) >= 11 is 0. The predicted molar refractivity (Wildman–Crippen MR) is 66.5 cm³/mol. The Labute approximate surface area is 137 Å². The molecular formula is C12H13F5O7S. The highest BCUT2D eigenvalue weighted by Crippen LogP contribution is 2.59. The fraction of sp³-hybridized carbons (Fsp3) is 0.917. The molecule has 1 heterocycles. The van der Waals surface area contributed by atoms with Crippen LogP contribution in [0.15, 0.2) is 0 Å². The molecule has 0 amide bonds. The molecule has 2 bridgehead atoms. The highest BCUT2D eigenvalue weighted by atomic mass is 32.2. The number of aliphatic hydroxyl groups excluding tert-OH is 1. The summed E-state index contributed by atoms with van der Waals surface area (Å²) in [5, 5.41) is 3.99. The Bertz CT molecular complexity index is 676. The third kappa shape index (κ3) is 2.80. The summed E-state index contributed by atoms with van der Waals surface area (Å²) in [5.41, 5.74) is 0. The van der Waals surface area contributed by atoms with Crippen molar-refractivity contribution in [1.29, 1.82) is 0 Å². The lowest BCUT2D eigenvalue weighted by Gasteiger charge is -2.30. The number of aliphatic hydroxyl groups is 1. The lowest BCUT2D eigenvalue weighted by atomic mass is 9.79. The van der Waals surface area contributed by atoms with Crippen LogP contribution >= 0.6 is 0 Å². The normalized spacial score (nSPS) is 38.8. The molecule has 2 aliphatic carbocycles. The number of fused-ring (bicyclic) bond motifs is 1. The third-order valence-corrected chi connectivity index (χ3v) is 6.00. The Hall–Kier alpha value is -1.05. The Morgan fingerprint density at radius 1 is 1.20 bits per heavy atom. The van der Waals surface area contributed by atoms with Crippen LogP contribution < -0.4 is 0 Å². The number of rotatable bonds is 4. The second kappa shape index (κ2) is 5.47. The maximum absolute atomic E-state index is 13.5. The molecule has 2 N–H and O–H groups in total. The van der Waals surface area contributed by atoms with Crippen molar-refractivity contribution >= 4 is 16.1 Å². The molecule has 7 nitrogen and oxygen atoms in total. The van der Waals surface area contributed by atoms with Gasteiger partial charge in [-0.15, -0.1) is 0 Å². The second-order valence-corrected chi connectivity index (χ2v) is 7.95. The highest BCUT2D eigenvalue weighted by Gasteiger charge is 2.68. The first-order chi connectivity index (χ1) is 11.2. The van der Waals surface area contributed by atoms with Gasteiger partial charge in [-0.1, -0.05) is 0 Å². The van der Waals surface area contributed by atoms with E-state index >= 15 is 0 Å². The number of alkyl halides is 5. The summed E-state index contributed by atoms with van der Waals surface area (Å²) < 4.78 is 104. The smallest absolute Gasteiger partial charge is 0.432 e. The van der Waals surface area contributed by atoms with Crippen molar-refractivity contribution in [1.82, 2.24) is 0 Å². The van der Waals surface area contributed by atoms with Gasteiger partial charge in [-0.25, -0.2) is 0 Å². The topological polar surface area (TPSA) is 110 Å². The molecule has 0 aromatic rings. The van der Waals surface area contributed by atoms with Crippen LogP contribution in [0.2, 0.25) is 0 Å². The molecule has 1 saturated heterocycles. The summed E-state index contributed by atoms with van der Waals surface area (Å²) in [6.07, 6.45) is -11.5. The van der Waals surface area contributed by atoms with Gasteiger partial charge in [-0.05, 0) is 24.7 Å². The lowest BCUT2D eigenvalue weighted by Crippen LogP contribution is -2.53. The van der Waals surface area contributed by atoms with E-state index in [0.717, 1.165) is 0 Å². The van der Waals surface area contributed by atoms with Crippen LogP contribution in [0.4, 0.5) is 22.0 Å². The van der Waals surface area contributed by atoms with E-state index in [1.807, 2.05) is 0 Å². The molecule has 0 spiro atoms. The Morgan fingerprint density at radius 2 is 1.80 bits per heavy atom. The van der Waals surface area contributed by atoms with Crippen LogP contribution in [-0.4, -0.2) is 54.0 Å². The van der Waals surface area contributed by atoms with Crippen molar-refractivity contribution < 1.29 is 54.3 Å². The van der Waals surface area contributed by atoms with Crippen LogP contribution in [-0.2, 0) is 24.4 Å². The van der Waals surface area contributed by atoms with Crippen LogP contribution in [0.1, 0.15) is 12.8 Å². The van der Waals surface area contributed by atoms with E-state index in [1.54, 1.807) is 0 Å². The highest BCUT2D eigenvalue weighted by molar-refractivity contribution is 7.86. The van der Waals surface area contributed by atoms with Crippen molar-refractivity contribution in [3.8, 4) is 0 Å². The third-order valence-electron chi connectivity index (χ3n) is 5.10. The quantitative estimate of drug-likeness (QED) is 0.413. The number of halogens is 5. The van der Waals surface area contributed by atoms with E-state index in [-0.39, 0.29) is 18.4 Å². The predicted octanol–water partition coefficient (Wildman–Crippen LogP) is 0.931. The van der Waals surface area contributed by atoms with Gasteiger partial charge >= 0.3 is 27.5 Å². The molecule has 0 aromatic heterocycles. The van der Waals surface area contributed by atoms with E-state index in [2.05, 4.69) is 4.74 Å².